The van der Waals surface area contributed by atoms with Crippen LogP contribution in [-0.4, -0.2) is 13.1 Å². The Morgan fingerprint density at radius 2 is 2.14 bits per heavy atom. The monoisotopic (exact) mass is 99.1 g/mol. The highest BCUT2D eigenvalue weighted by atomic mass is 15.1. The Kier molecular flexibility index (Phi) is 1.33. The number of rotatable bonds is 1. The van der Waals surface area contributed by atoms with Crippen molar-refractivity contribution >= 4 is 0 Å². The maximum atomic E-state index is 3.88. The van der Waals surface area contributed by atoms with Gasteiger partial charge < -0.3 is 4.90 Å². The van der Waals surface area contributed by atoms with Gasteiger partial charge in [-0.05, 0) is 19.3 Å². The molecular formula is C6H13N. The average molecular weight is 99.2 g/mol. The van der Waals surface area contributed by atoms with E-state index >= 15 is 0 Å². The smallest absolute Gasteiger partial charge is 0.0633 e. The molecule has 1 unspecified atom stereocenters. The van der Waals surface area contributed by atoms with Crippen LogP contribution in [0.1, 0.15) is 19.3 Å². The molecule has 42 valence electrons. The van der Waals surface area contributed by atoms with Crippen LogP contribution in [-0.2, 0) is 0 Å². The quantitative estimate of drug-likeness (QED) is 0.436. The molecule has 1 rings (SSSR count). The third-order valence-electron chi connectivity index (χ3n) is 1.80. The van der Waals surface area contributed by atoms with Crippen LogP contribution in [0.5, 0.6) is 0 Å². The first-order valence-corrected chi connectivity index (χ1v) is 2.96. The summed E-state index contributed by atoms with van der Waals surface area (Å²) in [6.45, 7) is 0. The average Bonchev–Trinajstić information content (AvgIpc) is 1.23. The number of quaternary nitrogens is 1. The third kappa shape index (κ3) is 0.942. The summed E-state index contributed by atoms with van der Waals surface area (Å²) in [5, 5.41) is 0. The first-order valence-electron chi connectivity index (χ1n) is 2.96. The van der Waals surface area contributed by atoms with Gasteiger partial charge in [0, 0.05) is 7.05 Å². The SMILES string of the molecule is [CH2-][NH+](C)C1CCC1. The van der Waals surface area contributed by atoms with Crippen molar-refractivity contribution in [3.8, 4) is 0 Å². The summed E-state index contributed by atoms with van der Waals surface area (Å²) in [5.41, 5.74) is 0. The van der Waals surface area contributed by atoms with Gasteiger partial charge in [-0.15, -0.1) is 0 Å². The lowest BCUT2D eigenvalue weighted by Crippen LogP contribution is -3.08. The van der Waals surface area contributed by atoms with Gasteiger partial charge in [0.2, 0.25) is 0 Å². The molecule has 1 aliphatic carbocycles. The van der Waals surface area contributed by atoms with Gasteiger partial charge in [0.1, 0.15) is 0 Å². The Morgan fingerprint density at radius 1 is 1.57 bits per heavy atom. The second-order valence-electron chi connectivity index (χ2n) is 2.47. The maximum absolute atomic E-state index is 3.88. The molecule has 0 aromatic carbocycles. The van der Waals surface area contributed by atoms with Crippen LogP contribution < -0.4 is 4.90 Å². The molecule has 0 saturated heterocycles. The molecule has 1 heteroatoms. The van der Waals surface area contributed by atoms with Gasteiger partial charge in [-0.1, -0.05) is 0 Å². The third-order valence-corrected chi connectivity index (χ3v) is 1.80. The second kappa shape index (κ2) is 1.83. The minimum atomic E-state index is 0.889. The number of hydrogen-bond donors (Lipinski definition) is 1. The topological polar surface area (TPSA) is 4.44 Å². The summed E-state index contributed by atoms with van der Waals surface area (Å²) >= 11 is 0. The van der Waals surface area contributed by atoms with E-state index in [4.69, 9.17) is 0 Å². The van der Waals surface area contributed by atoms with Gasteiger partial charge in [0.25, 0.3) is 0 Å². The Labute approximate surface area is 45.3 Å². The van der Waals surface area contributed by atoms with Crippen molar-refractivity contribution in [1.82, 2.24) is 0 Å². The molecular weight excluding hydrogens is 86.1 g/mol. The molecule has 1 saturated carbocycles. The standard InChI is InChI=1S/C6H13N/c1-7(2)6-4-3-5-6/h6-7H,1,3-5H2,2H3. The van der Waals surface area contributed by atoms with E-state index in [0.717, 1.165) is 6.04 Å². The predicted octanol–water partition coefficient (Wildman–Crippen LogP) is -0.155. The highest BCUT2D eigenvalue weighted by molar-refractivity contribution is 4.66. The summed E-state index contributed by atoms with van der Waals surface area (Å²) in [6.07, 6.45) is 4.22. The Hall–Kier alpha value is -0.0400. The van der Waals surface area contributed by atoms with Gasteiger partial charge in [-0.25, -0.2) is 0 Å². The highest BCUT2D eigenvalue weighted by Crippen LogP contribution is 2.14. The van der Waals surface area contributed by atoms with Crippen molar-refractivity contribution in [2.45, 2.75) is 25.3 Å². The van der Waals surface area contributed by atoms with E-state index in [0.29, 0.717) is 0 Å². The van der Waals surface area contributed by atoms with Crippen molar-refractivity contribution in [3.63, 3.8) is 0 Å². The molecule has 0 spiro atoms. The Morgan fingerprint density at radius 3 is 2.14 bits per heavy atom. The summed E-state index contributed by atoms with van der Waals surface area (Å²) < 4.78 is 0. The van der Waals surface area contributed by atoms with Gasteiger partial charge in [0.05, 0.1) is 6.04 Å². The van der Waals surface area contributed by atoms with Crippen LogP contribution in [0, 0.1) is 7.05 Å². The van der Waals surface area contributed by atoms with E-state index in [1.165, 1.54) is 24.2 Å². The highest BCUT2D eigenvalue weighted by Gasteiger charge is 2.19. The fourth-order valence-electron chi connectivity index (χ4n) is 0.901. The molecule has 0 aromatic rings. The van der Waals surface area contributed by atoms with Crippen LogP contribution in [0.3, 0.4) is 0 Å². The zero-order valence-corrected chi connectivity index (χ0v) is 4.91. The maximum Gasteiger partial charge on any atom is 0.0633 e. The first-order chi connectivity index (χ1) is 3.30. The Bertz CT molecular complexity index is 55.2. The minimum absolute atomic E-state index is 0.889. The van der Waals surface area contributed by atoms with Crippen molar-refractivity contribution in [1.29, 1.82) is 0 Å². The normalized spacial score (nSPS) is 26.6. The van der Waals surface area contributed by atoms with Crippen LogP contribution in [0.2, 0.25) is 0 Å². The zero-order valence-electron chi connectivity index (χ0n) is 4.91. The van der Waals surface area contributed by atoms with E-state index in [2.05, 4.69) is 14.1 Å². The molecule has 1 atom stereocenters. The lowest BCUT2D eigenvalue weighted by atomic mass is 9.92. The van der Waals surface area contributed by atoms with Gasteiger partial charge in [-0.2, -0.15) is 7.05 Å². The largest absolute Gasteiger partial charge is 0.468 e. The van der Waals surface area contributed by atoms with Gasteiger partial charge in [-0.3, -0.25) is 0 Å². The minimum Gasteiger partial charge on any atom is -0.468 e. The van der Waals surface area contributed by atoms with Crippen molar-refractivity contribution in [2.24, 2.45) is 0 Å². The molecule has 0 radical (unpaired) electrons. The van der Waals surface area contributed by atoms with Crippen LogP contribution in [0.15, 0.2) is 0 Å². The summed E-state index contributed by atoms with van der Waals surface area (Å²) in [7, 11) is 6.01. The summed E-state index contributed by atoms with van der Waals surface area (Å²) in [5.74, 6) is 0. The van der Waals surface area contributed by atoms with E-state index < -0.39 is 0 Å². The van der Waals surface area contributed by atoms with Crippen molar-refractivity contribution in [3.05, 3.63) is 7.05 Å². The molecule has 0 amide bonds. The fraction of sp³-hybridized carbons (Fsp3) is 0.833. The Balaban J connectivity index is 2.14. The molecule has 0 aliphatic heterocycles. The molecule has 1 nitrogen and oxygen atoms in total. The molecule has 1 N–H and O–H groups in total. The van der Waals surface area contributed by atoms with E-state index in [-0.39, 0.29) is 0 Å². The lowest BCUT2D eigenvalue weighted by molar-refractivity contribution is -0.866. The molecule has 7 heavy (non-hydrogen) atoms. The zero-order chi connectivity index (χ0) is 5.28. The lowest BCUT2D eigenvalue weighted by Gasteiger charge is -2.33. The predicted molar refractivity (Wildman–Crippen MR) is 29.9 cm³/mol. The van der Waals surface area contributed by atoms with Crippen LogP contribution >= 0.6 is 0 Å². The van der Waals surface area contributed by atoms with Crippen LogP contribution in [0.4, 0.5) is 0 Å². The van der Waals surface area contributed by atoms with Gasteiger partial charge >= 0.3 is 0 Å². The molecule has 0 aromatic heterocycles. The summed E-state index contributed by atoms with van der Waals surface area (Å²) in [4.78, 5) is 1.38. The van der Waals surface area contributed by atoms with E-state index in [1.54, 1.807) is 0 Å². The van der Waals surface area contributed by atoms with Crippen LogP contribution in [0.25, 0.3) is 0 Å². The molecule has 1 fully saturated rings. The van der Waals surface area contributed by atoms with E-state index in [9.17, 15) is 0 Å². The van der Waals surface area contributed by atoms with E-state index in [1.807, 2.05) is 0 Å². The fourth-order valence-corrected chi connectivity index (χ4v) is 0.901. The van der Waals surface area contributed by atoms with Gasteiger partial charge in [0.15, 0.2) is 0 Å². The second-order valence-corrected chi connectivity index (χ2v) is 2.47. The molecule has 0 heterocycles. The number of hydrogen-bond acceptors (Lipinski definition) is 0. The molecule has 1 aliphatic rings. The van der Waals surface area contributed by atoms with Crippen molar-refractivity contribution < 1.29 is 4.90 Å². The van der Waals surface area contributed by atoms with Crippen molar-refractivity contribution in [2.75, 3.05) is 7.05 Å². The number of nitrogens with one attached hydrogen (secondary N) is 1. The first kappa shape index (κ1) is 5.10. The summed E-state index contributed by atoms with van der Waals surface area (Å²) in [6, 6.07) is 0.889. The molecule has 0 bridgehead atoms.